The number of aromatic nitrogens is 2. The summed E-state index contributed by atoms with van der Waals surface area (Å²) >= 11 is 1.65. The Morgan fingerprint density at radius 2 is 1.93 bits per heavy atom. The Hall–Kier alpha value is -2.09. The zero-order chi connectivity index (χ0) is 22.4. The van der Waals surface area contributed by atoms with Gasteiger partial charge in [0, 0.05) is 44.9 Å². The van der Waals surface area contributed by atoms with Gasteiger partial charge in [-0.2, -0.15) is 11.8 Å². The molecule has 166 valence electrons. The Bertz CT molecular complexity index is 1090. The van der Waals surface area contributed by atoms with Crippen LogP contribution >= 0.6 is 11.8 Å². The topological polar surface area (TPSA) is 137 Å². The molecule has 0 aliphatic heterocycles. The van der Waals surface area contributed by atoms with Crippen LogP contribution in [-0.2, 0) is 25.8 Å². The average Bonchev–Trinajstić information content (AvgIpc) is 3.11. The molecule has 0 bridgehead atoms. The summed E-state index contributed by atoms with van der Waals surface area (Å²) in [4.78, 5) is 10.9. The third kappa shape index (κ3) is 6.20. The highest BCUT2D eigenvalue weighted by Gasteiger charge is 2.22. The summed E-state index contributed by atoms with van der Waals surface area (Å²) in [6.45, 7) is 2.44. The van der Waals surface area contributed by atoms with Gasteiger partial charge in [0.25, 0.3) is 10.0 Å². The molecule has 10 nitrogen and oxygen atoms in total. The van der Waals surface area contributed by atoms with Gasteiger partial charge in [0.2, 0.25) is 16.0 Å². The van der Waals surface area contributed by atoms with Crippen LogP contribution in [0.25, 0.3) is 0 Å². The van der Waals surface area contributed by atoms with Gasteiger partial charge in [-0.15, -0.1) is 0 Å². The van der Waals surface area contributed by atoms with Crippen LogP contribution in [0.5, 0.6) is 0 Å². The van der Waals surface area contributed by atoms with Crippen molar-refractivity contribution in [2.45, 2.75) is 22.5 Å². The number of thioether (sulfide) groups is 1. The number of benzene rings is 1. The number of nitrogens with one attached hydrogen (secondary N) is 3. The van der Waals surface area contributed by atoms with E-state index in [2.05, 4.69) is 25.0 Å². The molecule has 0 aliphatic carbocycles. The van der Waals surface area contributed by atoms with Crippen molar-refractivity contribution in [2.24, 2.45) is 4.99 Å². The van der Waals surface area contributed by atoms with Crippen molar-refractivity contribution >= 4 is 37.8 Å². The minimum absolute atomic E-state index is 0.0763. The predicted molar refractivity (Wildman–Crippen MR) is 118 cm³/mol. The second kappa shape index (κ2) is 10.3. The van der Waals surface area contributed by atoms with E-state index in [0.29, 0.717) is 12.3 Å². The number of aliphatic imine (C=N–C) groups is 1. The van der Waals surface area contributed by atoms with Gasteiger partial charge in [-0.05, 0) is 25.1 Å². The number of hydrogen-bond donors (Lipinski definition) is 3. The molecule has 0 amide bonds. The van der Waals surface area contributed by atoms with Gasteiger partial charge in [0.15, 0.2) is 0 Å². The highest BCUT2D eigenvalue weighted by molar-refractivity contribution is 7.98. The molecule has 30 heavy (non-hydrogen) atoms. The lowest BCUT2D eigenvalue weighted by molar-refractivity contribution is 0.520. The second-order valence-corrected chi connectivity index (χ2v) is 11.3. The summed E-state index contributed by atoms with van der Waals surface area (Å²) < 4.78 is 53.3. The number of aromatic amines is 1. The lowest BCUT2D eigenvalue weighted by Crippen LogP contribution is -2.41. The van der Waals surface area contributed by atoms with Crippen LogP contribution < -0.4 is 10.0 Å². The molecule has 0 fully saturated rings. The first-order valence-electron chi connectivity index (χ1n) is 8.90. The molecule has 0 atom stereocenters. The van der Waals surface area contributed by atoms with Gasteiger partial charge < -0.3 is 10.3 Å². The lowest BCUT2D eigenvalue weighted by Gasteiger charge is -2.14. The fraction of sp³-hybridized carbons (Fsp3) is 0.412. The zero-order valence-electron chi connectivity index (χ0n) is 17.2. The number of nitrogens with zero attached hydrogens (tertiary/aromatic N) is 3. The normalized spacial score (nSPS) is 12.9. The molecule has 0 saturated heterocycles. The van der Waals surface area contributed by atoms with Crippen molar-refractivity contribution in [2.75, 3.05) is 33.4 Å². The van der Waals surface area contributed by atoms with E-state index in [-0.39, 0.29) is 15.8 Å². The Labute approximate surface area is 181 Å². The van der Waals surface area contributed by atoms with Crippen LogP contribution in [0.2, 0.25) is 0 Å². The maximum Gasteiger partial charge on any atom is 0.264 e. The highest BCUT2D eigenvalue weighted by Crippen LogP contribution is 2.18. The molecule has 0 spiro atoms. The van der Waals surface area contributed by atoms with Crippen LogP contribution in [0.15, 0.2) is 45.4 Å². The van der Waals surface area contributed by atoms with Crippen LogP contribution in [0.1, 0.15) is 11.4 Å². The molecule has 0 saturated carbocycles. The van der Waals surface area contributed by atoms with Gasteiger partial charge in [-0.1, -0.05) is 6.07 Å². The van der Waals surface area contributed by atoms with Crippen molar-refractivity contribution in [3.63, 3.8) is 0 Å². The van der Waals surface area contributed by atoms with Crippen LogP contribution in [-0.4, -0.2) is 70.5 Å². The van der Waals surface area contributed by atoms with E-state index in [0.717, 1.165) is 27.5 Å². The third-order valence-electron chi connectivity index (χ3n) is 4.06. The first-order valence-corrected chi connectivity index (χ1v) is 13.0. The standard InChI is InChI=1S/C17H26N6O4S3/c1-13-16(21-12-20-13)11-28-9-8-19-17(18-2)22-29(24,25)14-6-5-7-15(10-14)30(26,27)23(3)4/h5-7,10,12H,8-9,11H2,1-4H3,(H,20,21)(H2,18,19,22). The molecule has 1 aromatic carbocycles. The van der Waals surface area contributed by atoms with Gasteiger partial charge in [-0.25, -0.2) is 30.8 Å². The summed E-state index contributed by atoms with van der Waals surface area (Å²) in [5.74, 6) is 1.53. The van der Waals surface area contributed by atoms with E-state index in [1.165, 1.54) is 39.3 Å². The molecule has 0 aliphatic rings. The van der Waals surface area contributed by atoms with E-state index in [1.54, 1.807) is 18.1 Å². The Morgan fingerprint density at radius 1 is 1.23 bits per heavy atom. The maximum atomic E-state index is 12.7. The SMILES string of the molecule is CN=C(NCCSCc1nc[nH]c1C)NS(=O)(=O)c1cccc(S(=O)(=O)N(C)C)c1. The first-order chi connectivity index (χ1) is 14.1. The number of H-pyrrole nitrogens is 1. The van der Waals surface area contributed by atoms with Crippen LogP contribution in [0.3, 0.4) is 0 Å². The van der Waals surface area contributed by atoms with E-state index >= 15 is 0 Å². The van der Waals surface area contributed by atoms with E-state index < -0.39 is 20.0 Å². The van der Waals surface area contributed by atoms with E-state index in [4.69, 9.17) is 0 Å². The van der Waals surface area contributed by atoms with Crippen molar-refractivity contribution in [1.29, 1.82) is 0 Å². The molecule has 2 rings (SSSR count). The van der Waals surface area contributed by atoms with Crippen LogP contribution in [0.4, 0.5) is 0 Å². The largest absolute Gasteiger partial charge is 0.355 e. The quantitative estimate of drug-likeness (QED) is 0.277. The summed E-state index contributed by atoms with van der Waals surface area (Å²) in [6, 6.07) is 5.17. The van der Waals surface area contributed by atoms with Gasteiger partial charge >= 0.3 is 0 Å². The third-order valence-corrected chi connectivity index (χ3v) is 8.18. The Morgan fingerprint density at radius 3 is 2.53 bits per heavy atom. The van der Waals surface area contributed by atoms with Crippen molar-refractivity contribution in [1.82, 2.24) is 24.3 Å². The lowest BCUT2D eigenvalue weighted by atomic mass is 10.4. The van der Waals surface area contributed by atoms with Crippen LogP contribution in [0, 0.1) is 6.92 Å². The summed E-state index contributed by atoms with van der Waals surface area (Å²) in [5, 5.41) is 2.94. The first kappa shape index (κ1) is 24.2. The fourth-order valence-electron chi connectivity index (χ4n) is 2.30. The highest BCUT2D eigenvalue weighted by atomic mass is 32.2. The van der Waals surface area contributed by atoms with Crippen molar-refractivity contribution in [3.8, 4) is 0 Å². The second-order valence-electron chi connectivity index (χ2n) is 6.39. The molecule has 3 N–H and O–H groups in total. The number of hydrogen-bond acceptors (Lipinski definition) is 7. The predicted octanol–water partition coefficient (Wildman–Crippen LogP) is 0.756. The summed E-state index contributed by atoms with van der Waals surface area (Å²) in [5.41, 5.74) is 2.01. The minimum Gasteiger partial charge on any atom is -0.355 e. The van der Waals surface area contributed by atoms with Crippen molar-refractivity contribution < 1.29 is 16.8 Å². The number of sulfonamides is 2. The van der Waals surface area contributed by atoms with E-state index in [9.17, 15) is 16.8 Å². The van der Waals surface area contributed by atoms with Crippen molar-refractivity contribution in [3.05, 3.63) is 42.0 Å². The number of aryl methyl sites for hydroxylation is 1. The summed E-state index contributed by atoms with van der Waals surface area (Å²) in [6.07, 6.45) is 1.65. The molecule has 0 radical (unpaired) electrons. The molecular weight excluding hydrogens is 448 g/mol. The van der Waals surface area contributed by atoms with Gasteiger partial charge in [-0.3, -0.25) is 4.99 Å². The fourth-order valence-corrected chi connectivity index (χ4v) is 5.28. The maximum absolute atomic E-state index is 12.7. The van der Waals surface area contributed by atoms with Gasteiger partial charge in [0.05, 0.1) is 21.8 Å². The van der Waals surface area contributed by atoms with E-state index in [1.807, 2.05) is 6.92 Å². The summed E-state index contributed by atoms with van der Waals surface area (Å²) in [7, 11) is -3.54. The monoisotopic (exact) mass is 474 g/mol. The Kier molecular flexibility index (Phi) is 8.29. The molecule has 0 unspecified atom stereocenters. The molecule has 1 aromatic heterocycles. The van der Waals surface area contributed by atoms with Gasteiger partial charge in [0.1, 0.15) is 0 Å². The number of rotatable bonds is 9. The average molecular weight is 475 g/mol. The smallest absolute Gasteiger partial charge is 0.264 e. The minimum atomic E-state index is -4.01. The molecule has 13 heteroatoms. The Balaban J connectivity index is 1.97. The number of imidazole rings is 1. The molecule has 2 aromatic rings. The zero-order valence-corrected chi connectivity index (χ0v) is 19.7. The molecule has 1 heterocycles. The molecular formula is C17H26N6O4S3. The number of guanidine groups is 1.